The fraction of sp³-hybridized carbons (Fsp3) is 0.778. The SMILES string of the molecule is CC(C)C(C)(C)Cn1cnc(N)n1. The van der Waals surface area contributed by atoms with Gasteiger partial charge in [0.05, 0.1) is 0 Å². The summed E-state index contributed by atoms with van der Waals surface area (Å²) in [6, 6.07) is 0. The largest absolute Gasteiger partial charge is 0.367 e. The first kappa shape index (κ1) is 10.0. The van der Waals surface area contributed by atoms with E-state index in [1.54, 1.807) is 11.0 Å². The van der Waals surface area contributed by atoms with Crippen molar-refractivity contribution in [2.24, 2.45) is 11.3 Å². The van der Waals surface area contributed by atoms with Gasteiger partial charge in [-0.25, -0.2) is 4.98 Å². The van der Waals surface area contributed by atoms with Gasteiger partial charge in [-0.05, 0) is 11.3 Å². The third-order valence-electron chi connectivity index (χ3n) is 2.69. The standard InChI is InChI=1S/C9H18N4/c1-7(2)9(3,4)5-13-6-11-8(10)12-13/h6-7H,5H2,1-4H3,(H2,10,12). The molecule has 2 N–H and O–H groups in total. The number of hydrogen-bond acceptors (Lipinski definition) is 3. The van der Waals surface area contributed by atoms with Crippen molar-refractivity contribution >= 4 is 5.95 Å². The summed E-state index contributed by atoms with van der Waals surface area (Å²) in [5, 5.41) is 4.06. The van der Waals surface area contributed by atoms with Crippen molar-refractivity contribution < 1.29 is 0 Å². The summed E-state index contributed by atoms with van der Waals surface area (Å²) in [5.41, 5.74) is 5.65. The summed E-state index contributed by atoms with van der Waals surface area (Å²) in [7, 11) is 0. The van der Waals surface area contributed by atoms with Gasteiger partial charge in [0.2, 0.25) is 5.95 Å². The number of nitrogens with zero attached hydrogens (tertiary/aromatic N) is 3. The van der Waals surface area contributed by atoms with Crippen LogP contribution in [0.5, 0.6) is 0 Å². The summed E-state index contributed by atoms with van der Waals surface area (Å²) < 4.78 is 1.80. The molecule has 13 heavy (non-hydrogen) atoms. The molecule has 1 aromatic heterocycles. The smallest absolute Gasteiger partial charge is 0.239 e. The molecule has 0 aliphatic carbocycles. The van der Waals surface area contributed by atoms with Crippen LogP contribution in [-0.4, -0.2) is 14.8 Å². The number of anilines is 1. The van der Waals surface area contributed by atoms with E-state index in [9.17, 15) is 0 Å². The number of hydrogen-bond donors (Lipinski definition) is 1. The Morgan fingerprint density at radius 1 is 1.54 bits per heavy atom. The first-order valence-corrected chi connectivity index (χ1v) is 4.57. The summed E-state index contributed by atoms with van der Waals surface area (Å²) in [4.78, 5) is 3.89. The van der Waals surface area contributed by atoms with E-state index >= 15 is 0 Å². The van der Waals surface area contributed by atoms with Crippen molar-refractivity contribution in [1.82, 2.24) is 14.8 Å². The molecule has 0 saturated heterocycles. The molecule has 1 heterocycles. The maximum atomic E-state index is 5.43. The Labute approximate surface area is 79.2 Å². The molecule has 0 aliphatic heterocycles. The summed E-state index contributed by atoms with van der Waals surface area (Å²) in [5.74, 6) is 0.956. The van der Waals surface area contributed by atoms with Gasteiger partial charge in [-0.2, -0.15) is 0 Å². The molecule has 0 saturated carbocycles. The quantitative estimate of drug-likeness (QED) is 0.771. The Morgan fingerprint density at radius 2 is 2.15 bits per heavy atom. The second-order valence-electron chi connectivity index (χ2n) is 4.44. The van der Waals surface area contributed by atoms with Crippen molar-refractivity contribution in [2.75, 3.05) is 5.73 Å². The van der Waals surface area contributed by atoms with E-state index < -0.39 is 0 Å². The van der Waals surface area contributed by atoms with E-state index in [1.807, 2.05) is 0 Å². The summed E-state index contributed by atoms with van der Waals surface area (Å²) >= 11 is 0. The second-order valence-corrected chi connectivity index (χ2v) is 4.44. The van der Waals surface area contributed by atoms with E-state index in [2.05, 4.69) is 37.8 Å². The lowest BCUT2D eigenvalue weighted by atomic mass is 9.81. The van der Waals surface area contributed by atoms with Crippen LogP contribution in [0.25, 0.3) is 0 Å². The van der Waals surface area contributed by atoms with Gasteiger partial charge in [-0.15, -0.1) is 5.10 Å². The summed E-state index contributed by atoms with van der Waals surface area (Å²) in [6.45, 7) is 9.71. The van der Waals surface area contributed by atoms with E-state index in [1.165, 1.54) is 0 Å². The van der Waals surface area contributed by atoms with Crippen molar-refractivity contribution in [3.05, 3.63) is 6.33 Å². The molecule has 1 rings (SSSR count). The zero-order valence-electron chi connectivity index (χ0n) is 8.78. The highest BCUT2D eigenvalue weighted by Crippen LogP contribution is 2.27. The second kappa shape index (κ2) is 3.36. The molecule has 0 bridgehead atoms. The van der Waals surface area contributed by atoms with Crippen LogP contribution in [-0.2, 0) is 6.54 Å². The van der Waals surface area contributed by atoms with E-state index in [4.69, 9.17) is 5.73 Å². The van der Waals surface area contributed by atoms with Gasteiger partial charge in [-0.1, -0.05) is 27.7 Å². The van der Waals surface area contributed by atoms with Crippen LogP contribution in [0.2, 0.25) is 0 Å². The van der Waals surface area contributed by atoms with Gasteiger partial charge in [0.15, 0.2) is 0 Å². The Kier molecular flexibility index (Phi) is 2.59. The zero-order chi connectivity index (χ0) is 10.1. The van der Waals surface area contributed by atoms with Gasteiger partial charge in [0.1, 0.15) is 6.33 Å². The van der Waals surface area contributed by atoms with Crippen LogP contribution in [0.3, 0.4) is 0 Å². The first-order chi connectivity index (χ1) is 5.92. The molecular weight excluding hydrogens is 164 g/mol. The zero-order valence-corrected chi connectivity index (χ0v) is 8.78. The number of nitrogen functional groups attached to an aromatic ring is 1. The maximum Gasteiger partial charge on any atom is 0.239 e. The number of aromatic nitrogens is 3. The van der Waals surface area contributed by atoms with E-state index in [0.29, 0.717) is 11.9 Å². The molecular formula is C9H18N4. The highest BCUT2D eigenvalue weighted by molar-refractivity contribution is 5.09. The lowest BCUT2D eigenvalue weighted by molar-refractivity contribution is 0.201. The summed E-state index contributed by atoms with van der Waals surface area (Å²) in [6.07, 6.45) is 1.68. The average molecular weight is 182 g/mol. The number of nitrogens with two attached hydrogens (primary N) is 1. The molecule has 0 unspecified atom stereocenters. The molecule has 4 nitrogen and oxygen atoms in total. The molecule has 0 aliphatic rings. The minimum atomic E-state index is 0.222. The molecule has 0 fully saturated rings. The first-order valence-electron chi connectivity index (χ1n) is 4.57. The van der Waals surface area contributed by atoms with Gasteiger partial charge < -0.3 is 5.73 Å². The topological polar surface area (TPSA) is 56.7 Å². The third kappa shape index (κ3) is 2.44. The van der Waals surface area contributed by atoms with Crippen LogP contribution in [0.1, 0.15) is 27.7 Å². The van der Waals surface area contributed by atoms with Gasteiger partial charge >= 0.3 is 0 Å². The predicted octanol–water partition coefficient (Wildman–Crippen LogP) is 1.54. The molecule has 74 valence electrons. The van der Waals surface area contributed by atoms with Gasteiger partial charge in [-0.3, -0.25) is 4.68 Å². The van der Waals surface area contributed by atoms with Gasteiger partial charge in [0.25, 0.3) is 0 Å². The van der Waals surface area contributed by atoms with Gasteiger partial charge in [0, 0.05) is 6.54 Å². The lowest BCUT2D eigenvalue weighted by Gasteiger charge is -2.28. The molecule has 0 spiro atoms. The molecule has 0 atom stereocenters. The van der Waals surface area contributed by atoms with Crippen LogP contribution < -0.4 is 5.73 Å². The highest BCUT2D eigenvalue weighted by atomic mass is 15.4. The monoisotopic (exact) mass is 182 g/mol. The molecule has 1 aromatic rings. The molecule has 0 amide bonds. The van der Waals surface area contributed by atoms with Crippen LogP contribution in [0.15, 0.2) is 6.33 Å². The molecule has 4 heteroatoms. The minimum absolute atomic E-state index is 0.222. The van der Waals surface area contributed by atoms with Crippen LogP contribution in [0.4, 0.5) is 5.95 Å². The van der Waals surface area contributed by atoms with Crippen molar-refractivity contribution in [3.63, 3.8) is 0 Å². The van der Waals surface area contributed by atoms with E-state index in [-0.39, 0.29) is 5.41 Å². The maximum absolute atomic E-state index is 5.43. The highest BCUT2D eigenvalue weighted by Gasteiger charge is 2.23. The third-order valence-corrected chi connectivity index (χ3v) is 2.69. The van der Waals surface area contributed by atoms with Crippen LogP contribution in [0, 0.1) is 11.3 Å². The minimum Gasteiger partial charge on any atom is -0.367 e. The Balaban J connectivity index is 2.68. The van der Waals surface area contributed by atoms with E-state index in [0.717, 1.165) is 6.54 Å². The Morgan fingerprint density at radius 3 is 2.54 bits per heavy atom. The molecule has 0 aromatic carbocycles. The predicted molar refractivity (Wildman–Crippen MR) is 53.1 cm³/mol. The average Bonchev–Trinajstić information content (AvgIpc) is 2.34. The number of rotatable bonds is 3. The van der Waals surface area contributed by atoms with Crippen molar-refractivity contribution in [1.29, 1.82) is 0 Å². The molecule has 0 radical (unpaired) electrons. The fourth-order valence-electron chi connectivity index (χ4n) is 0.985. The normalized spacial score (nSPS) is 12.4. The Hall–Kier alpha value is -1.06. The fourth-order valence-corrected chi connectivity index (χ4v) is 0.985. The van der Waals surface area contributed by atoms with Crippen LogP contribution >= 0.6 is 0 Å². The van der Waals surface area contributed by atoms with Crippen molar-refractivity contribution in [2.45, 2.75) is 34.2 Å². The lowest BCUT2D eigenvalue weighted by Crippen LogP contribution is -2.25. The Bertz CT molecular complexity index is 275. The van der Waals surface area contributed by atoms with Crippen molar-refractivity contribution in [3.8, 4) is 0 Å².